The zero-order valence-corrected chi connectivity index (χ0v) is 15.9. The average Bonchev–Trinajstić information content (AvgIpc) is 3.14. The van der Waals surface area contributed by atoms with E-state index in [9.17, 15) is 9.59 Å². The number of thiophene rings is 1. The molecule has 1 saturated heterocycles. The van der Waals surface area contributed by atoms with Gasteiger partial charge in [0.25, 0.3) is 11.8 Å². The lowest BCUT2D eigenvalue weighted by Crippen LogP contribution is -2.46. The first-order valence-electron chi connectivity index (χ1n) is 9.02. The van der Waals surface area contributed by atoms with E-state index < -0.39 is 0 Å². The van der Waals surface area contributed by atoms with Gasteiger partial charge >= 0.3 is 0 Å². The van der Waals surface area contributed by atoms with E-state index in [1.54, 1.807) is 6.07 Å². The SMILES string of the molecule is Cc1ccc(C(=O)N2CCNCC2)cc1NC(=O)c1cc2ccccc2s1. The summed E-state index contributed by atoms with van der Waals surface area (Å²) in [5.41, 5.74) is 2.22. The molecule has 5 nitrogen and oxygen atoms in total. The van der Waals surface area contributed by atoms with Crippen LogP contribution < -0.4 is 10.6 Å². The number of rotatable bonds is 3. The van der Waals surface area contributed by atoms with Crippen molar-refractivity contribution in [3.05, 3.63) is 64.5 Å². The van der Waals surface area contributed by atoms with Crippen molar-refractivity contribution < 1.29 is 9.59 Å². The normalized spacial score (nSPS) is 14.3. The molecule has 2 amide bonds. The Balaban J connectivity index is 1.55. The molecule has 1 fully saturated rings. The van der Waals surface area contributed by atoms with Gasteiger partial charge in [0.2, 0.25) is 0 Å². The van der Waals surface area contributed by atoms with Gasteiger partial charge in [-0.2, -0.15) is 0 Å². The number of hydrogen-bond acceptors (Lipinski definition) is 4. The highest BCUT2D eigenvalue weighted by Gasteiger charge is 2.19. The van der Waals surface area contributed by atoms with Crippen molar-refractivity contribution in [3.8, 4) is 0 Å². The van der Waals surface area contributed by atoms with Gasteiger partial charge < -0.3 is 15.5 Å². The molecule has 0 radical (unpaired) electrons. The van der Waals surface area contributed by atoms with Crippen LogP contribution in [-0.4, -0.2) is 42.9 Å². The number of fused-ring (bicyclic) bond motifs is 1. The Morgan fingerprint density at radius 1 is 1.07 bits per heavy atom. The van der Waals surface area contributed by atoms with E-state index in [-0.39, 0.29) is 11.8 Å². The van der Waals surface area contributed by atoms with Crippen LogP contribution in [0.2, 0.25) is 0 Å². The van der Waals surface area contributed by atoms with Crippen LogP contribution in [0.4, 0.5) is 5.69 Å². The minimum atomic E-state index is -0.147. The molecular weight excluding hydrogens is 358 g/mol. The van der Waals surface area contributed by atoms with Crippen LogP contribution in [0, 0.1) is 6.92 Å². The molecule has 3 aromatic rings. The molecule has 0 saturated carbocycles. The second-order valence-corrected chi connectivity index (χ2v) is 7.76. The molecular formula is C21H21N3O2S. The van der Waals surface area contributed by atoms with Gasteiger partial charge in [-0.25, -0.2) is 0 Å². The van der Waals surface area contributed by atoms with Gasteiger partial charge in [-0.05, 0) is 42.1 Å². The van der Waals surface area contributed by atoms with Gasteiger partial charge in [-0.15, -0.1) is 11.3 Å². The lowest BCUT2D eigenvalue weighted by molar-refractivity contribution is 0.0735. The molecule has 1 aliphatic heterocycles. The first kappa shape index (κ1) is 17.7. The third-order valence-corrected chi connectivity index (χ3v) is 5.90. The Hall–Kier alpha value is -2.70. The number of benzene rings is 2. The minimum absolute atomic E-state index is 0.00820. The van der Waals surface area contributed by atoms with Gasteiger partial charge in [0.1, 0.15) is 0 Å². The Bertz CT molecular complexity index is 973. The average molecular weight is 379 g/mol. The summed E-state index contributed by atoms with van der Waals surface area (Å²) in [4.78, 5) is 27.9. The van der Waals surface area contributed by atoms with E-state index >= 15 is 0 Å². The predicted molar refractivity (Wildman–Crippen MR) is 110 cm³/mol. The van der Waals surface area contributed by atoms with E-state index in [0.717, 1.165) is 28.7 Å². The predicted octanol–water partition coefficient (Wildman–Crippen LogP) is 3.51. The third kappa shape index (κ3) is 3.72. The maximum absolute atomic E-state index is 12.7. The number of carbonyl (C=O) groups is 2. The quantitative estimate of drug-likeness (QED) is 0.732. The fourth-order valence-electron chi connectivity index (χ4n) is 3.22. The van der Waals surface area contributed by atoms with E-state index in [2.05, 4.69) is 10.6 Å². The van der Waals surface area contributed by atoms with Gasteiger partial charge in [-0.1, -0.05) is 24.3 Å². The maximum atomic E-state index is 12.7. The summed E-state index contributed by atoms with van der Waals surface area (Å²) < 4.78 is 1.09. The molecule has 2 heterocycles. The molecule has 0 aliphatic carbocycles. The van der Waals surface area contributed by atoms with Gasteiger partial charge in [-0.3, -0.25) is 9.59 Å². The zero-order chi connectivity index (χ0) is 18.8. The first-order chi connectivity index (χ1) is 13.1. The number of carbonyl (C=O) groups excluding carboxylic acids is 2. The van der Waals surface area contributed by atoms with Crippen molar-refractivity contribution >= 4 is 38.9 Å². The molecule has 1 aromatic heterocycles. The molecule has 4 rings (SSSR count). The fourth-order valence-corrected chi connectivity index (χ4v) is 4.18. The third-order valence-electron chi connectivity index (χ3n) is 4.79. The van der Waals surface area contributed by atoms with Crippen molar-refractivity contribution in [1.29, 1.82) is 0 Å². The molecule has 2 N–H and O–H groups in total. The molecule has 6 heteroatoms. The summed E-state index contributed by atoms with van der Waals surface area (Å²) in [7, 11) is 0. The number of amides is 2. The zero-order valence-electron chi connectivity index (χ0n) is 15.1. The van der Waals surface area contributed by atoms with Crippen molar-refractivity contribution in [2.24, 2.45) is 0 Å². The van der Waals surface area contributed by atoms with Gasteiger partial charge in [0, 0.05) is 42.1 Å². The molecule has 138 valence electrons. The first-order valence-corrected chi connectivity index (χ1v) is 9.84. The van der Waals surface area contributed by atoms with Gasteiger partial charge in [0.05, 0.1) is 4.88 Å². The number of piperazine rings is 1. The van der Waals surface area contributed by atoms with E-state index in [4.69, 9.17) is 0 Å². The minimum Gasteiger partial charge on any atom is -0.336 e. The Kier molecular flexibility index (Phi) is 4.92. The number of aryl methyl sites for hydroxylation is 1. The summed E-state index contributed by atoms with van der Waals surface area (Å²) in [5.74, 6) is -0.139. The van der Waals surface area contributed by atoms with Crippen LogP contribution in [0.5, 0.6) is 0 Å². The number of nitrogens with one attached hydrogen (secondary N) is 2. The highest BCUT2D eigenvalue weighted by molar-refractivity contribution is 7.20. The van der Waals surface area contributed by atoms with Crippen LogP contribution in [0.25, 0.3) is 10.1 Å². The molecule has 0 unspecified atom stereocenters. The molecule has 0 atom stereocenters. The van der Waals surface area contributed by atoms with Crippen LogP contribution in [0.3, 0.4) is 0 Å². The Morgan fingerprint density at radius 3 is 2.63 bits per heavy atom. The summed E-state index contributed by atoms with van der Waals surface area (Å²) in [6.45, 7) is 4.96. The highest BCUT2D eigenvalue weighted by Crippen LogP contribution is 2.27. The molecule has 2 aromatic carbocycles. The van der Waals surface area contributed by atoms with Gasteiger partial charge in [0.15, 0.2) is 0 Å². The van der Waals surface area contributed by atoms with Crippen molar-refractivity contribution in [1.82, 2.24) is 10.2 Å². The highest BCUT2D eigenvalue weighted by atomic mass is 32.1. The lowest BCUT2D eigenvalue weighted by atomic mass is 10.1. The number of hydrogen-bond donors (Lipinski definition) is 2. The second kappa shape index (κ2) is 7.50. The van der Waals surface area contributed by atoms with E-state index in [1.807, 2.05) is 54.3 Å². The number of nitrogens with zero attached hydrogens (tertiary/aromatic N) is 1. The summed E-state index contributed by atoms with van der Waals surface area (Å²) in [5, 5.41) is 7.28. The standard InChI is InChI=1S/C21H21N3O2S/c1-14-6-7-16(21(26)24-10-8-22-9-11-24)12-17(14)23-20(25)19-13-15-4-2-3-5-18(15)27-19/h2-7,12-13,22H,8-11H2,1H3,(H,23,25). The molecule has 0 spiro atoms. The van der Waals surface area contributed by atoms with E-state index in [1.165, 1.54) is 11.3 Å². The summed E-state index contributed by atoms with van der Waals surface area (Å²) in [6, 6.07) is 15.3. The van der Waals surface area contributed by atoms with Crippen molar-refractivity contribution in [2.75, 3.05) is 31.5 Å². The molecule has 27 heavy (non-hydrogen) atoms. The summed E-state index contributed by atoms with van der Waals surface area (Å²) >= 11 is 1.47. The monoisotopic (exact) mass is 379 g/mol. The second-order valence-electron chi connectivity index (χ2n) is 6.67. The smallest absolute Gasteiger partial charge is 0.265 e. The van der Waals surface area contributed by atoms with Crippen molar-refractivity contribution in [3.63, 3.8) is 0 Å². The lowest BCUT2D eigenvalue weighted by Gasteiger charge is -2.27. The largest absolute Gasteiger partial charge is 0.336 e. The van der Waals surface area contributed by atoms with Crippen LogP contribution >= 0.6 is 11.3 Å². The topological polar surface area (TPSA) is 61.4 Å². The van der Waals surface area contributed by atoms with Crippen LogP contribution in [0.15, 0.2) is 48.5 Å². The Labute approximate surface area is 162 Å². The molecule has 1 aliphatic rings. The maximum Gasteiger partial charge on any atom is 0.265 e. The Morgan fingerprint density at radius 2 is 1.85 bits per heavy atom. The van der Waals surface area contributed by atoms with Crippen LogP contribution in [-0.2, 0) is 0 Å². The fraction of sp³-hybridized carbons (Fsp3) is 0.238. The van der Waals surface area contributed by atoms with Crippen LogP contribution in [0.1, 0.15) is 25.6 Å². The van der Waals surface area contributed by atoms with Crippen molar-refractivity contribution in [2.45, 2.75) is 6.92 Å². The van der Waals surface area contributed by atoms with E-state index in [0.29, 0.717) is 29.2 Å². The summed E-state index contributed by atoms with van der Waals surface area (Å²) in [6.07, 6.45) is 0. The molecule has 0 bridgehead atoms. The number of anilines is 1.